The molecule has 3 rings (SSSR count). The van der Waals surface area contributed by atoms with E-state index in [2.05, 4.69) is 4.72 Å². The molecule has 0 spiro atoms. The molecule has 2 atom stereocenters. The SMILES string of the molecule is Cc1ccc(S(=O)(=O)N[C@H](c2ccccc2)C2CCOC(C)(C)O2)cc1. The smallest absolute Gasteiger partial charge is 0.241 e. The van der Waals surface area contributed by atoms with E-state index in [0.717, 1.165) is 11.1 Å². The summed E-state index contributed by atoms with van der Waals surface area (Å²) in [6.45, 7) is 6.13. The Morgan fingerprint density at radius 3 is 2.35 bits per heavy atom. The summed E-state index contributed by atoms with van der Waals surface area (Å²) in [5.41, 5.74) is 1.88. The van der Waals surface area contributed by atoms with Gasteiger partial charge in [-0.25, -0.2) is 13.1 Å². The van der Waals surface area contributed by atoms with Crippen LogP contribution in [0.4, 0.5) is 0 Å². The normalized spacial score (nSPS) is 21.3. The molecule has 6 heteroatoms. The van der Waals surface area contributed by atoms with E-state index < -0.39 is 21.9 Å². The van der Waals surface area contributed by atoms with Crippen LogP contribution in [0.3, 0.4) is 0 Å². The zero-order valence-electron chi connectivity index (χ0n) is 15.3. The topological polar surface area (TPSA) is 64.6 Å². The van der Waals surface area contributed by atoms with Gasteiger partial charge >= 0.3 is 0 Å². The van der Waals surface area contributed by atoms with E-state index in [1.165, 1.54) is 0 Å². The third-order valence-electron chi connectivity index (χ3n) is 4.43. The van der Waals surface area contributed by atoms with Gasteiger partial charge in [0.25, 0.3) is 0 Å². The minimum atomic E-state index is -3.68. The van der Waals surface area contributed by atoms with Crippen molar-refractivity contribution in [3.63, 3.8) is 0 Å². The fourth-order valence-electron chi connectivity index (χ4n) is 3.08. The molecule has 26 heavy (non-hydrogen) atoms. The largest absolute Gasteiger partial charge is 0.350 e. The van der Waals surface area contributed by atoms with E-state index in [4.69, 9.17) is 9.47 Å². The lowest BCUT2D eigenvalue weighted by atomic mass is 9.99. The van der Waals surface area contributed by atoms with Crippen molar-refractivity contribution in [3.05, 3.63) is 65.7 Å². The summed E-state index contributed by atoms with van der Waals surface area (Å²) in [6, 6.07) is 15.8. The van der Waals surface area contributed by atoms with Crippen molar-refractivity contribution in [2.45, 2.75) is 50.0 Å². The lowest BCUT2D eigenvalue weighted by molar-refractivity contribution is -0.277. The van der Waals surface area contributed by atoms with Crippen LogP contribution in [0.15, 0.2) is 59.5 Å². The van der Waals surface area contributed by atoms with Crippen molar-refractivity contribution >= 4 is 10.0 Å². The van der Waals surface area contributed by atoms with Crippen LogP contribution in [0.25, 0.3) is 0 Å². The van der Waals surface area contributed by atoms with Crippen LogP contribution >= 0.6 is 0 Å². The highest BCUT2D eigenvalue weighted by molar-refractivity contribution is 7.89. The Morgan fingerprint density at radius 2 is 1.73 bits per heavy atom. The average Bonchev–Trinajstić information content (AvgIpc) is 2.60. The first-order valence-electron chi connectivity index (χ1n) is 8.73. The summed E-state index contributed by atoms with van der Waals surface area (Å²) < 4.78 is 40.4. The first kappa shape index (κ1) is 19.0. The number of rotatable bonds is 5. The van der Waals surface area contributed by atoms with Crippen LogP contribution < -0.4 is 4.72 Å². The minimum Gasteiger partial charge on any atom is -0.350 e. The zero-order chi connectivity index (χ0) is 18.8. The van der Waals surface area contributed by atoms with Crippen LogP contribution in [0.2, 0.25) is 0 Å². The van der Waals surface area contributed by atoms with Crippen LogP contribution in [-0.2, 0) is 19.5 Å². The van der Waals surface area contributed by atoms with Crippen molar-refractivity contribution in [1.29, 1.82) is 0 Å². The molecule has 2 aromatic carbocycles. The molecule has 1 N–H and O–H groups in total. The van der Waals surface area contributed by atoms with Gasteiger partial charge in [0.05, 0.1) is 23.6 Å². The summed E-state index contributed by atoms with van der Waals surface area (Å²) in [4.78, 5) is 0.246. The molecule has 1 saturated heterocycles. The van der Waals surface area contributed by atoms with Gasteiger partial charge in [0.1, 0.15) is 0 Å². The van der Waals surface area contributed by atoms with E-state index in [-0.39, 0.29) is 11.0 Å². The lowest BCUT2D eigenvalue weighted by Crippen LogP contribution is -2.46. The molecule has 140 valence electrons. The van der Waals surface area contributed by atoms with Crippen molar-refractivity contribution in [2.24, 2.45) is 0 Å². The summed E-state index contributed by atoms with van der Waals surface area (Å²) in [5.74, 6) is -0.745. The molecule has 1 heterocycles. The van der Waals surface area contributed by atoms with E-state index in [1.807, 2.05) is 51.1 Å². The van der Waals surface area contributed by atoms with Crippen molar-refractivity contribution in [2.75, 3.05) is 6.61 Å². The van der Waals surface area contributed by atoms with E-state index >= 15 is 0 Å². The molecule has 1 aliphatic rings. The zero-order valence-corrected chi connectivity index (χ0v) is 16.1. The molecule has 0 bridgehead atoms. The van der Waals surface area contributed by atoms with Gasteiger partial charge in [0.2, 0.25) is 10.0 Å². The first-order chi connectivity index (χ1) is 12.3. The van der Waals surface area contributed by atoms with E-state index in [0.29, 0.717) is 13.0 Å². The van der Waals surface area contributed by atoms with E-state index in [1.54, 1.807) is 24.3 Å². The van der Waals surface area contributed by atoms with Gasteiger partial charge in [-0.05, 0) is 44.9 Å². The molecule has 1 unspecified atom stereocenters. The second-order valence-electron chi connectivity index (χ2n) is 7.02. The highest BCUT2D eigenvalue weighted by atomic mass is 32.2. The Bertz CT molecular complexity index is 832. The summed E-state index contributed by atoms with van der Waals surface area (Å²) in [6.07, 6.45) is 0.292. The summed E-state index contributed by atoms with van der Waals surface area (Å²) in [5, 5.41) is 0. The first-order valence-corrected chi connectivity index (χ1v) is 10.2. The van der Waals surface area contributed by atoms with Gasteiger partial charge in [-0.3, -0.25) is 0 Å². The average molecular weight is 375 g/mol. The Labute approximate surface area is 155 Å². The highest BCUT2D eigenvalue weighted by Gasteiger charge is 2.37. The highest BCUT2D eigenvalue weighted by Crippen LogP contribution is 2.31. The molecular weight excluding hydrogens is 350 g/mol. The van der Waals surface area contributed by atoms with E-state index in [9.17, 15) is 8.42 Å². The maximum atomic E-state index is 12.9. The predicted molar refractivity (Wildman–Crippen MR) is 100 cm³/mol. The maximum Gasteiger partial charge on any atom is 0.241 e. The van der Waals surface area contributed by atoms with Gasteiger partial charge in [-0.2, -0.15) is 0 Å². The number of hydrogen-bond donors (Lipinski definition) is 1. The number of ether oxygens (including phenoxy) is 2. The van der Waals surface area contributed by atoms with Gasteiger partial charge in [-0.15, -0.1) is 0 Å². The Morgan fingerprint density at radius 1 is 1.08 bits per heavy atom. The van der Waals surface area contributed by atoms with Crippen LogP contribution in [0, 0.1) is 6.92 Å². The minimum absolute atomic E-state index is 0.246. The molecule has 0 amide bonds. The molecule has 1 fully saturated rings. The van der Waals surface area contributed by atoms with Gasteiger partial charge in [0.15, 0.2) is 5.79 Å². The molecular formula is C20H25NO4S. The van der Waals surface area contributed by atoms with Crippen molar-refractivity contribution in [3.8, 4) is 0 Å². The molecule has 0 aromatic heterocycles. The maximum absolute atomic E-state index is 12.9. The predicted octanol–water partition coefficient (Wildman–Crippen LogP) is 3.56. The third kappa shape index (κ3) is 4.51. The quantitative estimate of drug-likeness (QED) is 0.868. The number of nitrogens with one attached hydrogen (secondary N) is 1. The Kier molecular flexibility index (Phi) is 5.48. The second kappa shape index (κ2) is 7.48. The fourth-order valence-corrected chi connectivity index (χ4v) is 4.34. The standard InChI is InChI=1S/C20H25NO4S/c1-15-9-11-17(12-10-15)26(22,23)21-19(16-7-5-4-6-8-16)18-13-14-24-20(2,3)25-18/h4-12,18-19,21H,13-14H2,1-3H3/t18?,19-/m1/s1. The molecule has 1 aliphatic heterocycles. The van der Waals surface area contributed by atoms with Crippen molar-refractivity contribution in [1.82, 2.24) is 4.72 Å². The number of sulfonamides is 1. The lowest BCUT2D eigenvalue weighted by Gasteiger charge is -2.39. The molecule has 0 saturated carbocycles. The monoisotopic (exact) mass is 375 g/mol. The fraction of sp³-hybridized carbons (Fsp3) is 0.400. The van der Waals surface area contributed by atoms with Gasteiger partial charge in [0, 0.05) is 0 Å². The van der Waals surface area contributed by atoms with Gasteiger partial charge in [-0.1, -0.05) is 48.0 Å². The van der Waals surface area contributed by atoms with Gasteiger partial charge < -0.3 is 9.47 Å². The summed E-state index contributed by atoms with van der Waals surface area (Å²) >= 11 is 0. The van der Waals surface area contributed by atoms with Crippen LogP contribution in [0.5, 0.6) is 0 Å². The van der Waals surface area contributed by atoms with Crippen LogP contribution in [-0.4, -0.2) is 26.9 Å². The Balaban J connectivity index is 1.92. The third-order valence-corrected chi connectivity index (χ3v) is 5.89. The summed E-state index contributed by atoms with van der Waals surface area (Å²) in [7, 11) is -3.68. The molecule has 0 aliphatic carbocycles. The second-order valence-corrected chi connectivity index (χ2v) is 8.73. The molecule has 2 aromatic rings. The van der Waals surface area contributed by atoms with Crippen LogP contribution in [0.1, 0.15) is 37.4 Å². The molecule has 5 nitrogen and oxygen atoms in total. The number of benzene rings is 2. The van der Waals surface area contributed by atoms with Crippen molar-refractivity contribution < 1.29 is 17.9 Å². The molecule has 0 radical (unpaired) electrons. The number of aryl methyl sites for hydroxylation is 1. The Hall–Kier alpha value is -1.73. The number of hydrogen-bond acceptors (Lipinski definition) is 4.